The van der Waals surface area contributed by atoms with Gasteiger partial charge >= 0.3 is 0 Å². The Bertz CT molecular complexity index is 481. The van der Waals surface area contributed by atoms with E-state index in [0.717, 1.165) is 15.9 Å². The third-order valence-electron chi connectivity index (χ3n) is 2.43. The van der Waals surface area contributed by atoms with Gasteiger partial charge in [0.15, 0.2) is 0 Å². The van der Waals surface area contributed by atoms with Crippen LogP contribution in [0.1, 0.15) is 18.7 Å². The fourth-order valence-corrected chi connectivity index (χ4v) is 1.95. The van der Waals surface area contributed by atoms with E-state index in [1.54, 1.807) is 13.3 Å². The first-order valence-corrected chi connectivity index (χ1v) is 5.76. The van der Waals surface area contributed by atoms with Crippen LogP contribution in [0.2, 0.25) is 0 Å². The van der Waals surface area contributed by atoms with Crippen molar-refractivity contribution in [3.05, 3.63) is 46.7 Å². The molecular formula is C12H12BrN2O. The highest BCUT2D eigenvalue weighted by atomic mass is 79.9. The van der Waals surface area contributed by atoms with E-state index in [9.17, 15) is 0 Å². The van der Waals surface area contributed by atoms with Gasteiger partial charge in [-0.15, -0.1) is 0 Å². The molecule has 0 fully saturated rings. The van der Waals surface area contributed by atoms with E-state index >= 15 is 0 Å². The zero-order chi connectivity index (χ0) is 11.5. The molecule has 2 aromatic rings. The fourth-order valence-electron chi connectivity index (χ4n) is 1.49. The quantitative estimate of drug-likeness (QED) is 0.863. The lowest BCUT2D eigenvalue weighted by Gasteiger charge is -2.13. The van der Waals surface area contributed by atoms with Crippen LogP contribution >= 0.6 is 15.9 Å². The second-order valence-corrected chi connectivity index (χ2v) is 4.27. The first kappa shape index (κ1) is 11.4. The number of hydrogen-bond acceptors (Lipinski definition) is 2. The Hall–Kier alpha value is -1.13. The van der Waals surface area contributed by atoms with Crippen LogP contribution in [-0.4, -0.2) is 16.9 Å². The Morgan fingerprint density at radius 2 is 2.19 bits per heavy atom. The zero-order valence-corrected chi connectivity index (χ0v) is 10.7. The van der Waals surface area contributed by atoms with Crippen molar-refractivity contribution in [1.29, 1.82) is 0 Å². The Kier molecular flexibility index (Phi) is 3.41. The van der Waals surface area contributed by atoms with Crippen molar-refractivity contribution in [2.24, 2.45) is 0 Å². The molecule has 16 heavy (non-hydrogen) atoms. The number of halogens is 1. The van der Waals surface area contributed by atoms with E-state index in [-0.39, 0.29) is 6.10 Å². The highest BCUT2D eigenvalue weighted by Crippen LogP contribution is 2.24. The van der Waals surface area contributed by atoms with Gasteiger partial charge in [-0.1, -0.05) is 12.1 Å². The Balaban J connectivity index is 2.49. The molecule has 0 saturated carbocycles. The van der Waals surface area contributed by atoms with Crippen molar-refractivity contribution in [2.45, 2.75) is 13.0 Å². The molecule has 1 heterocycles. The van der Waals surface area contributed by atoms with Crippen molar-refractivity contribution >= 4 is 15.9 Å². The molecule has 1 atom stereocenters. The third kappa shape index (κ3) is 2.03. The number of hydrogen-bond donors (Lipinski definition) is 0. The van der Waals surface area contributed by atoms with Crippen LogP contribution in [-0.2, 0) is 4.74 Å². The molecule has 0 saturated heterocycles. The average Bonchev–Trinajstić information content (AvgIpc) is 2.77. The minimum atomic E-state index is -0.0328. The summed E-state index contributed by atoms with van der Waals surface area (Å²) in [5.41, 5.74) is 1.90. The second kappa shape index (κ2) is 4.80. The normalized spacial score (nSPS) is 12.7. The SMILES string of the molecule is COC(C)c1[c]cnn1-c1ccccc1Br. The summed E-state index contributed by atoms with van der Waals surface area (Å²) in [4.78, 5) is 0. The van der Waals surface area contributed by atoms with Gasteiger partial charge in [0.05, 0.1) is 23.7 Å². The summed E-state index contributed by atoms with van der Waals surface area (Å²) in [5.74, 6) is 0. The summed E-state index contributed by atoms with van der Waals surface area (Å²) in [6.45, 7) is 1.97. The number of aromatic nitrogens is 2. The monoisotopic (exact) mass is 279 g/mol. The molecule has 0 spiro atoms. The van der Waals surface area contributed by atoms with Gasteiger partial charge in [-0.05, 0) is 35.0 Å². The molecule has 4 heteroatoms. The van der Waals surface area contributed by atoms with Crippen molar-refractivity contribution in [1.82, 2.24) is 9.78 Å². The largest absolute Gasteiger partial charge is 0.375 e. The van der Waals surface area contributed by atoms with E-state index in [1.807, 2.05) is 35.9 Å². The molecule has 83 valence electrons. The number of methoxy groups -OCH3 is 1. The number of para-hydroxylation sites is 1. The lowest BCUT2D eigenvalue weighted by atomic mass is 10.2. The summed E-state index contributed by atoms with van der Waals surface area (Å²) in [7, 11) is 1.68. The Labute approximate surface area is 103 Å². The van der Waals surface area contributed by atoms with Gasteiger partial charge in [0.25, 0.3) is 0 Å². The minimum absolute atomic E-state index is 0.0328. The van der Waals surface area contributed by atoms with Crippen LogP contribution in [0, 0.1) is 6.07 Å². The molecule has 1 unspecified atom stereocenters. The summed E-state index contributed by atoms with van der Waals surface area (Å²) >= 11 is 3.51. The number of rotatable bonds is 3. The molecular weight excluding hydrogens is 268 g/mol. The second-order valence-electron chi connectivity index (χ2n) is 3.42. The molecule has 0 amide bonds. The van der Waals surface area contributed by atoms with E-state index in [1.165, 1.54) is 0 Å². The van der Waals surface area contributed by atoms with Crippen molar-refractivity contribution in [2.75, 3.05) is 7.11 Å². The summed E-state index contributed by atoms with van der Waals surface area (Å²) in [5, 5.41) is 4.27. The molecule has 1 aromatic carbocycles. The molecule has 0 aliphatic carbocycles. The summed E-state index contributed by atoms with van der Waals surface area (Å²) in [6.07, 6.45) is 1.62. The molecule has 3 nitrogen and oxygen atoms in total. The number of nitrogens with zero attached hydrogens (tertiary/aromatic N) is 2. The first-order chi connectivity index (χ1) is 7.74. The van der Waals surface area contributed by atoms with Crippen LogP contribution < -0.4 is 0 Å². The van der Waals surface area contributed by atoms with E-state index in [4.69, 9.17) is 4.74 Å². The maximum Gasteiger partial charge on any atom is 0.0970 e. The van der Waals surface area contributed by atoms with E-state index < -0.39 is 0 Å². The number of ether oxygens (including phenoxy) is 1. The fraction of sp³-hybridized carbons (Fsp3) is 0.250. The first-order valence-electron chi connectivity index (χ1n) is 4.97. The lowest BCUT2D eigenvalue weighted by molar-refractivity contribution is 0.113. The van der Waals surface area contributed by atoms with Crippen LogP contribution in [0.15, 0.2) is 34.9 Å². The van der Waals surface area contributed by atoms with Crippen LogP contribution in [0.5, 0.6) is 0 Å². The van der Waals surface area contributed by atoms with Crippen molar-refractivity contribution < 1.29 is 4.74 Å². The molecule has 0 N–H and O–H groups in total. The molecule has 2 rings (SSSR count). The molecule has 1 radical (unpaired) electrons. The molecule has 0 aliphatic heterocycles. The van der Waals surface area contributed by atoms with Crippen LogP contribution in [0.4, 0.5) is 0 Å². The maximum absolute atomic E-state index is 5.29. The van der Waals surface area contributed by atoms with E-state index in [2.05, 4.69) is 27.1 Å². The maximum atomic E-state index is 5.29. The Morgan fingerprint density at radius 1 is 1.44 bits per heavy atom. The van der Waals surface area contributed by atoms with Gasteiger partial charge in [0, 0.05) is 17.6 Å². The van der Waals surface area contributed by atoms with E-state index in [0.29, 0.717) is 0 Å². The predicted octanol–water partition coefficient (Wildman–Crippen LogP) is 3.14. The van der Waals surface area contributed by atoms with Crippen molar-refractivity contribution in [3.8, 4) is 5.69 Å². The highest BCUT2D eigenvalue weighted by molar-refractivity contribution is 9.10. The summed E-state index contributed by atoms with van der Waals surface area (Å²) in [6, 6.07) is 11.0. The zero-order valence-electron chi connectivity index (χ0n) is 9.14. The van der Waals surface area contributed by atoms with Gasteiger partial charge in [0.1, 0.15) is 0 Å². The van der Waals surface area contributed by atoms with Crippen molar-refractivity contribution in [3.63, 3.8) is 0 Å². The third-order valence-corrected chi connectivity index (χ3v) is 3.10. The Morgan fingerprint density at radius 3 is 2.88 bits per heavy atom. The smallest absolute Gasteiger partial charge is 0.0970 e. The van der Waals surface area contributed by atoms with Crippen LogP contribution in [0.25, 0.3) is 5.69 Å². The standard InChI is InChI=1S/C12H12BrN2O/c1-9(16-2)11-7-8-14-15(11)12-6-4-3-5-10(12)13/h3-6,8-9H,1-2H3. The lowest BCUT2D eigenvalue weighted by Crippen LogP contribution is -2.07. The summed E-state index contributed by atoms with van der Waals surface area (Å²) < 4.78 is 8.12. The molecule has 0 bridgehead atoms. The highest BCUT2D eigenvalue weighted by Gasteiger charge is 2.13. The predicted molar refractivity (Wildman–Crippen MR) is 65.5 cm³/mol. The molecule has 1 aromatic heterocycles. The van der Waals surface area contributed by atoms with Gasteiger partial charge in [0.2, 0.25) is 0 Å². The topological polar surface area (TPSA) is 27.1 Å². The van der Waals surface area contributed by atoms with Crippen LogP contribution in [0.3, 0.4) is 0 Å². The minimum Gasteiger partial charge on any atom is -0.375 e. The van der Waals surface area contributed by atoms with Gasteiger partial charge in [-0.25, -0.2) is 4.68 Å². The molecule has 0 aliphatic rings. The number of benzene rings is 1. The van der Waals surface area contributed by atoms with Gasteiger partial charge < -0.3 is 4.74 Å². The van der Waals surface area contributed by atoms with Gasteiger partial charge in [-0.3, -0.25) is 0 Å². The average molecular weight is 280 g/mol. The van der Waals surface area contributed by atoms with Gasteiger partial charge in [-0.2, -0.15) is 5.10 Å².